The lowest BCUT2D eigenvalue weighted by atomic mass is 9.86. The normalized spacial score (nSPS) is 24.1. The van der Waals surface area contributed by atoms with Gasteiger partial charge in [-0.1, -0.05) is 13.8 Å². The molecule has 0 amide bonds. The molecule has 0 aliphatic carbocycles. The van der Waals surface area contributed by atoms with E-state index in [0.29, 0.717) is 11.8 Å². The summed E-state index contributed by atoms with van der Waals surface area (Å²) in [5.74, 6) is 1.01. The van der Waals surface area contributed by atoms with Crippen LogP contribution in [0.15, 0.2) is 29.2 Å². The Kier molecular flexibility index (Phi) is 4.81. The Hall–Kier alpha value is -2.80. The van der Waals surface area contributed by atoms with Crippen LogP contribution in [0.3, 0.4) is 0 Å². The zero-order valence-corrected chi connectivity index (χ0v) is 18.1. The average Bonchev–Trinajstić information content (AvgIpc) is 3.33. The highest BCUT2D eigenvalue weighted by atomic mass is 16.5. The van der Waals surface area contributed by atoms with Gasteiger partial charge in [-0.3, -0.25) is 4.79 Å². The van der Waals surface area contributed by atoms with Gasteiger partial charge in [0.05, 0.1) is 31.7 Å². The number of methoxy groups -OCH3 is 1. The van der Waals surface area contributed by atoms with Crippen molar-refractivity contribution in [3.63, 3.8) is 0 Å². The Balaban J connectivity index is 1.63. The molecule has 1 aromatic carbocycles. The molecule has 2 saturated heterocycles. The van der Waals surface area contributed by atoms with Gasteiger partial charge >= 0.3 is 5.97 Å². The lowest BCUT2D eigenvalue weighted by Crippen LogP contribution is -2.29. The van der Waals surface area contributed by atoms with E-state index in [2.05, 4.69) is 24.8 Å². The minimum Gasteiger partial charge on any atom is -0.495 e. The maximum absolute atomic E-state index is 12.5. The Morgan fingerprint density at radius 3 is 2.52 bits per heavy atom. The first-order valence-corrected chi connectivity index (χ1v) is 10.9. The smallest absolute Gasteiger partial charge is 0.341 e. The summed E-state index contributed by atoms with van der Waals surface area (Å²) >= 11 is 0. The van der Waals surface area contributed by atoms with Gasteiger partial charge in [0.2, 0.25) is 0 Å². The Labute approximate surface area is 181 Å². The number of carbonyl (C=O) groups is 1. The fourth-order valence-corrected chi connectivity index (χ4v) is 5.39. The number of carboxylic acid groups (broad SMARTS) is 1. The van der Waals surface area contributed by atoms with E-state index in [1.54, 1.807) is 7.11 Å². The third kappa shape index (κ3) is 3.22. The van der Waals surface area contributed by atoms with Crippen molar-refractivity contribution in [2.75, 3.05) is 38.3 Å². The molecule has 3 unspecified atom stereocenters. The summed E-state index contributed by atoms with van der Waals surface area (Å²) in [5, 5.41) is 9.45. The van der Waals surface area contributed by atoms with Crippen LogP contribution >= 0.6 is 0 Å². The highest BCUT2D eigenvalue weighted by Crippen LogP contribution is 2.44. The van der Waals surface area contributed by atoms with Crippen LogP contribution in [0.1, 0.15) is 35.8 Å². The molecule has 3 aliphatic heterocycles. The number of fused-ring (bicyclic) bond motifs is 4. The van der Waals surface area contributed by atoms with Crippen molar-refractivity contribution >= 4 is 11.7 Å². The average molecular weight is 424 g/mol. The van der Waals surface area contributed by atoms with Gasteiger partial charge in [-0.2, -0.15) is 0 Å². The van der Waals surface area contributed by atoms with E-state index in [1.807, 2.05) is 10.6 Å². The van der Waals surface area contributed by atoms with Crippen molar-refractivity contribution in [2.24, 2.45) is 17.8 Å². The van der Waals surface area contributed by atoms with Crippen LogP contribution in [0.4, 0.5) is 5.69 Å². The number of hydrogen-bond acceptors (Lipinski definition) is 5. The van der Waals surface area contributed by atoms with Crippen LogP contribution < -0.4 is 15.1 Å². The Morgan fingerprint density at radius 1 is 1.19 bits per heavy atom. The van der Waals surface area contributed by atoms with Crippen LogP contribution in [0.2, 0.25) is 0 Å². The molecular weight excluding hydrogens is 396 g/mol. The standard InChI is InChI=1S/C24H28N2O5/c1-13(2)19-4-14-5-21(25-8-15-11-31-12-16(15)9-25)23(30-3)6-17(14)20-7-22(27)18(24(28)29)10-26(19)20/h5-7,10,13,15-16,19H,4,8-9,11-12H2,1-3H3,(H,28,29). The maximum atomic E-state index is 12.5. The first-order chi connectivity index (χ1) is 14.9. The molecule has 7 nitrogen and oxygen atoms in total. The summed E-state index contributed by atoms with van der Waals surface area (Å²) in [4.78, 5) is 26.5. The zero-order valence-electron chi connectivity index (χ0n) is 18.1. The molecule has 1 aromatic heterocycles. The van der Waals surface area contributed by atoms with E-state index in [4.69, 9.17) is 9.47 Å². The molecule has 0 saturated carbocycles. The number of benzene rings is 1. The Morgan fingerprint density at radius 2 is 1.90 bits per heavy atom. The van der Waals surface area contributed by atoms with Crippen molar-refractivity contribution in [2.45, 2.75) is 26.3 Å². The van der Waals surface area contributed by atoms with Crippen LogP contribution in [-0.2, 0) is 11.2 Å². The van der Waals surface area contributed by atoms with Gasteiger partial charge in [-0.05, 0) is 30.0 Å². The van der Waals surface area contributed by atoms with E-state index in [9.17, 15) is 14.7 Å². The van der Waals surface area contributed by atoms with E-state index in [-0.39, 0.29) is 17.5 Å². The third-order valence-electron chi connectivity index (χ3n) is 7.13. The van der Waals surface area contributed by atoms with E-state index in [0.717, 1.165) is 55.4 Å². The highest BCUT2D eigenvalue weighted by Gasteiger charge is 2.38. The maximum Gasteiger partial charge on any atom is 0.341 e. The topological polar surface area (TPSA) is 81.0 Å². The van der Waals surface area contributed by atoms with Gasteiger partial charge in [0.25, 0.3) is 0 Å². The molecule has 5 rings (SSSR count). The number of rotatable bonds is 4. The quantitative estimate of drug-likeness (QED) is 0.813. The molecule has 164 valence electrons. The minimum atomic E-state index is -1.19. The zero-order chi connectivity index (χ0) is 21.9. The fourth-order valence-electron chi connectivity index (χ4n) is 5.39. The number of anilines is 1. The molecule has 4 heterocycles. The number of carboxylic acids is 1. The monoisotopic (exact) mass is 424 g/mol. The van der Waals surface area contributed by atoms with Gasteiger partial charge in [0.15, 0.2) is 5.43 Å². The van der Waals surface area contributed by atoms with Crippen molar-refractivity contribution in [3.05, 3.63) is 45.7 Å². The third-order valence-corrected chi connectivity index (χ3v) is 7.13. The number of aromatic nitrogens is 1. The summed E-state index contributed by atoms with van der Waals surface area (Å²) in [6.07, 6.45) is 2.29. The van der Waals surface area contributed by atoms with Crippen LogP contribution in [0.5, 0.6) is 5.75 Å². The van der Waals surface area contributed by atoms with Crippen LogP contribution in [-0.4, -0.2) is 49.1 Å². The van der Waals surface area contributed by atoms with E-state index >= 15 is 0 Å². The molecule has 0 radical (unpaired) electrons. The number of hydrogen-bond donors (Lipinski definition) is 1. The van der Waals surface area contributed by atoms with Crippen molar-refractivity contribution in [1.29, 1.82) is 0 Å². The highest BCUT2D eigenvalue weighted by molar-refractivity contribution is 5.88. The van der Waals surface area contributed by atoms with E-state index < -0.39 is 11.4 Å². The van der Waals surface area contributed by atoms with Gasteiger partial charge in [0, 0.05) is 48.8 Å². The van der Waals surface area contributed by atoms with Crippen LogP contribution in [0.25, 0.3) is 11.3 Å². The van der Waals surface area contributed by atoms with Crippen molar-refractivity contribution < 1.29 is 19.4 Å². The second kappa shape index (κ2) is 7.41. The predicted octanol–water partition coefficient (Wildman–Crippen LogP) is 3.06. The summed E-state index contributed by atoms with van der Waals surface area (Å²) in [7, 11) is 1.67. The molecular formula is C24H28N2O5. The molecule has 3 aliphatic rings. The molecule has 31 heavy (non-hydrogen) atoms. The molecule has 0 bridgehead atoms. The predicted molar refractivity (Wildman–Crippen MR) is 117 cm³/mol. The first-order valence-electron chi connectivity index (χ1n) is 10.9. The number of nitrogens with zero attached hydrogens (tertiary/aromatic N) is 2. The van der Waals surface area contributed by atoms with Crippen molar-refractivity contribution in [3.8, 4) is 17.0 Å². The molecule has 2 fully saturated rings. The molecule has 1 N–H and O–H groups in total. The largest absolute Gasteiger partial charge is 0.495 e. The Bertz CT molecular complexity index is 1090. The van der Waals surface area contributed by atoms with Gasteiger partial charge in [-0.25, -0.2) is 4.79 Å². The second-order valence-electron chi connectivity index (χ2n) is 9.31. The molecule has 7 heteroatoms. The van der Waals surface area contributed by atoms with Gasteiger partial charge in [-0.15, -0.1) is 0 Å². The molecule has 2 aromatic rings. The van der Waals surface area contributed by atoms with Crippen LogP contribution in [0, 0.1) is 17.8 Å². The summed E-state index contributed by atoms with van der Waals surface area (Å²) in [5.41, 5.74) is 3.30. The first kappa shape index (κ1) is 20.1. The SMILES string of the molecule is COc1cc2c(cc1N1CC3COCC3C1)CC(C(C)C)n1cc(C(=O)O)c(=O)cc1-2. The number of aromatic carboxylic acids is 1. The summed E-state index contributed by atoms with van der Waals surface area (Å²) in [6.45, 7) is 7.84. The van der Waals surface area contributed by atoms with Gasteiger partial charge < -0.3 is 24.0 Å². The fraction of sp³-hybridized carbons (Fsp3) is 0.500. The lowest BCUT2D eigenvalue weighted by molar-refractivity contribution is 0.0694. The second-order valence-corrected chi connectivity index (χ2v) is 9.31. The number of pyridine rings is 1. The van der Waals surface area contributed by atoms with Gasteiger partial charge in [0.1, 0.15) is 11.3 Å². The summed E-state index contributed by atoms with van der Waals surface area (Å²) in [6, 6.07) is 5.77. The minimum absolute atomic E-state index is 0.0776. The summed E-state index contributed by atoms with van der Waals surface area (Å²) < 4.78 is 13.4. The lowest BCUT2D eigenvalue weighted by Gasteiger charge is -2.34. The molecule has 0 spiro atoms. The molecule has 3 atom stereocenters. The number of ether oxygens (including phenoxy) is 2. The van der Waals surface area contributed by atoms with Crippen molar-refractivity contribution in [1.82, 2.24) is 4.57 Å². The van der Waals surface area contributed by atoms with E-state index in [1.165, 1.54) is 17.8 Å².